The SMILES string of the molecule is O=[N+]([O-])c1ccc(-c2nc(Cc3c(F)cccc3Cl)no2)cc1. The number of nitrogens with zero attached hydrogens (tertiary/aromatic N) is 3. The van der Waals surface area contributed by atoms with Gasteiger partial charge in [0.1, 0.15) is 5.82 Å². The molecule has 1 heterocycles. The molecule has 116 valence electrons. The summed E-state index contributed by atoms with van der Waals surface area (Å²) in [5, 5.41) is 14.7. The molecule has 0 saturated carbocycles. The highest BCUT2D eigenvalue weighted by molar-refractivity contribution is 6.31. The van der Waals surface area contributed by atoms with Crippen molar-refractivity contribution in [3.05, 3.63) is 74.8 Å². The number of benzene rings is 2. The van der Waals surface area contributed by atoms with Gasteiger partial charge < -0.3 is 4.52 Å². The van der Waals surface area contributed by atoms with Crippen molar-refractivity contribution in [2.75, 3.05) is 0 Å². The zero-order valence-electron chi connectivity index (χ0n) is 11.6. The minimum atomic E-state index is -0.497. The molecule has 2 aromatic carbocycles. The summed E-state index contributed by atoms with van der Waals surface area (Å²) in [6, 6.07) is 10.1. The maximum absolute atomic E-state index is 13.8. The molecule has 0 aliphatic heterocycles. The zero-order chi connectivity index (χ0) is 16.4. The van der Waals surface area contributed by atoms with Crippen molar-refractivity contribution in [1.29, 1.82) is 0 Å². The largest absolute Gasteiger partial charge is 0.334 e. The van der Waals surface area contributed by atoms with Gasteiger partial charge in [-0.05, 0) is 24.3 Å². The summed E-state index contributed by atoms with van der Waals surface area (Å²) in [5.74, 6) is 0.0203. The molecule has 8 heteroatoms. The number of hydrogen-bond donors (Lipinski definition) is 0. The molecular formula is C15H9ClFN3O3. The second-order valence-electron chi connectivity index (χ2n) is 4.70. The third-order valence-corrected chi connectivity index (χ3v) is 3.54. The van der Waals surface area contributed by atoms with E-state index < -0.39 is 10.7 Å². The first-order chi connectivity index (χ1) is 11.0. The second-order valence-corrected chi connectivity index (χ2v) is 5.10. The number of rotatable bonds is 4. The van der Waals surface area contributed by atoms with Crippen LogP contribution in [0.5, 0.6) is 0 Å². The molecule has 3 aromatic rings. The smallest absolute Gasteiger partial charge is 0.269 e. The lowest BCUT2D eigenvalue weighted by Crippen LogP contribution is -1.96. The van der Waals surface area contributed by atoms with Crippen LogP contribution in [0.25, 0.3) is 11.5 Å². The fraction of sp³-hybridized carbons (Fsp3) is 0.0667. The predicted molar refractivity (Wildman–Crippen MR) is 80.6 cm³/mol. The molecule has 23 heavy (non-hydrogen) atoms. The highest BCUT2D eigenvalue weighted by Gasteiger charge is 2.14. The molecule has 0 saturated heterocycles. The van der Waals surface area contributed by atoms with Gasteiger partial charge in [0.25, 0.3) is 11.6 Å². The van der Waals surface area contributed by atoms with Crippen LogP contribution in [0.4, 0.5) is 10.1 Å². The Bertz CT molecular complexity index is 844. The van der Waals surface area contributed by atoms with Crippen LogP contribution in [-0.4, -0.2) is 15.1 Å². The van der Waals surface area contributed by atoms with E-state index in [1.54, 1.807) is 6.07 Å². The van der Waals surface area contributed by atoms with E-state index in [0.29, 0.717) is 5.56 Å². The van der Waals surface area contributed by atoms with Crippen molar-refractivity contribution in [3.63, 3.8) is 0 Å². The highest BCUT2D eigenvalue weighted by Crippen LogP contribution is 2.24. The van der Waals surface area contributed by atoms with Gasteiger partial charge in [-0.1, -0.05) is 22.8 Å². The van der Waals surface area contributed by atoms with Gasteiger partial charge in [0.05, 0.1) is 4.92 Å². The molecule has 0 radical (unpaired) electrons. The molecule has 1 aromatic heterocycles. The van der Waals surface area contributed by atoms with E-state index >= 15 is 0 Å². The van der Waals surface area contributed by atoms with E-state index in [1.807, 2.05) is 0 Å². The van der Waals surface area contributed by atoms with E-state index in [1.165, 1.54) is 36.4 Å². The molecule has 0 spiro atoms. The molecule has 0 atom stereocenters. The van der Waals surface area contributed by atoms with Crippen molar-refractivity contribution in [2.24, 2.45) is 0 Å². The molecule has 0 aliphatic rings. The maximum atomic E-state index is 13.8. The van der Waals surface area contributed by atoms with Gasteiger partial charge in [0, 0.05) is 34.7 Å². The molecule has 0 bridgehead atoms. The number of hydrogen-bond acceptors (Lipinski definition) is 5. The van der Waals surface area contributed by atoms with Gasteiger partial charge in [-0.25, -0.2) is 4.39 Å². The molecule has 0 aliphatic carbocycles. The molecular weight excluding hydrogens is 325 g/mol. The van der Waals surface area contributed by atoms with Gasteiger partial charge in [0.15, 0.2) is 5.82 Å². The van der Waals surface area contributed by atoms with Gasteiger partial charge in [-0.3, -0.25) is 10.1 Å². The van der Waals surface area contributed by atoms with E-state index in [-0.39, 0.29) is 34.4 Å². The molecule has 0 N–H and O–H groups in total. The minimum Gasteiger partial charge on any atom is -0.334 e. The second kappa shape index (κ2) is 6.13. The molecule has 0 fully saturated rings. The highest BCUT2D eigenvalue weighted by atomic mass is 35.5. The number of halogens is 2. The van der Waals surface area contributed by atoms with Crippen molar-refractivity contribution in [1.82, 2.24) is 10.1 Å². The number of nitro benzene ring substituents is 1. The average Bonchev–Trinajstić information content (AvgIpc) is 3.00. The van der Waals surface area contributed by atoms with Crippen molar-refractivity contribution >= 4 is 17.3 Å². The third kappa shape index (κ3) is 3.19. The van der Waals surface area contributed by atoms with Crippen LogP contribution in [0, 0.1) is 15.9 Å². The molecule has 0 unspecified atom stereocenters. The average molecular weight is 334 g/mol. The lowest BCUT2D eigenvalue weighted by atomic mass is 10.1. The Morgan fingerprint density at radius 1 is 1.22 bits per heavy atom. The predicted octanol–water partition coefficient (Wildman–Crippen LogP) is 4.03. The molecule has 3 rings (SSSR count). The summed E-state index contributed by atoms with van der Waals surface area (Å²) < 4.78 is 18.9. The Hall–Kier alpha value is -2.80. The Labute approximate surface area is 134 Å². The molecule has 0 amide bonds. The monoisotopic (exact) mass is 333 g/mol. The quantitative estimate of drug-likeness (QED) is 0.532. The van der Waals surface area contributed by atoms with E-state index in [2.05, 4.69) is 10.1 Å². The van der Waals surface area contributed by atoms with Crippen LogP contribution in [-0.2, 0) is 6.42 Å². The first kappa shape index (κ1) is 15.1. The fourth-order valence-electron chi connectivity index (χ4n) is 2.03. The van der Waals surface area contributed by atoms with Crippen molar-refractivity contribution in [3.8, 4) is 11.5 Å². The summed E-state index contributed by atoms with van der Waals surface area (Å²) in [6.45, 7) is 0. The van der Waals surface area contributed by atoms with Crippen LogP contribution >= 0.6 is 11.6 Å². The summed E-state index contributed by atoms with van der Waals surface area (Å²) in [6.07, 6.45) is 0.0853. The standard InChI is InChI=1S/C15H9ClFN3O3/c16-12-2-1-3-13(17)11(12)8-14-18-15(23-19-14)9-4-6-10(7-5-9)20(21)22/h1-7H,8H2. The Morgan fingerprint density at radius 3 is 2.61 bits per heavy atom. The van der Waals surface area contributed by atoms with Crippen molar-refractivity contribution < 1.29 is 13.8 Å². The normalized spacial score (nSPS) is 10.7. The van der Waals surface area contributed by atoms with E-state index in [0.717, 1.165) is 0 Å². The van der Waals surface area contributed by atoms with Gasteiger partial charge >= 0.3 is 0 Å². The summed E-state index contributed by atoms with van der Waals surface area (Å²) in [5.41, 5.74) is 0.783. The van der Waals surface area contributed by atoms with Gasteiger partial charge in [-0.2, -0.15) is 4.98 Å². The van der Waals surface area contributed by atoms with E-state index in [4.69, 9.17) is 16.1 Å². The minimum absolute atomic E-state index is 0.0355. The maximum Gasteiger partial charge on any atom is 0.269 e. The van der Waals surface area contributed by atoms with Crippen LogP contribution in [0.15, 0.2) is 47.0 Å². The first-order valence-corrected chi connectivity index (χ1v) is 6.92. The summed E-state index contributed by atoms with van der Waals surface area (Å²) in [4.78, 5) is 14.3. The van der Waals surface area contributed by atoms with Crippen LogP contribution in [0.3, 0.4) is 0 Å². The van der Waals surface area contributed by atoms with Crippen LogP contribution < -0.4 is 0 Å². The Morgan fingerprint density at radius 2 is 1.96 bits per heavy atom. The lowest BCUT2D eigenvalue weighted by molar-refractivity contribution is -0.384. The summed E-state index contributed by atoms with van der Waals surface area (Å²) >= 11 is 5.96. The number of aromatic nitrogens is 2. The topological polar surface area (TPSA) is 82.1 Å². The zero-order valence-corrected chi connectivity index (χ0v) is 12.3. The number of non-ortho nitro benzene ring substituents is 1. The van der Waals surface area contributed by atoms with Gasteiger partial charge in [0.2, 0.25) is 0 Å². The van der Waals surface area contributed by atoms with Gasteiger partial charge in [-0.15, -0.1) is 0 Å². The Kier molecular flexibility index (Phi) is 4.03. The summed E-state index contributed by atoms with van der Waals surface area (Å²) in [7, 11) is 0. The van der Waals surface area contributed by atoms with Crippen LogP contribution in [0.2, 0.25) is 5.02 Å². The van der Waals surface area contributed by atoms with Crippen molar-refractivity contribution in [2.45, 2.75) is 6.42 Å². The Balaban J connectivity index is 1.84. The third-order valence-electron chi connectivity index (χ3n) is 3.19. The van der Waals surface area contributed by atoms with E-state index in [9.17, 15) is 14.5 Å². The van der Waals surface area contributed by atoms with Crippen LogP contribution in [0.1, 0.15) is 11.4 Å². The first-order valence-electron chi connectivity index (χ1n) is 6.55. The molecule has 6 nitrogen and oxygen atoms in total. The lowest BCUT2D eigenvalue weighted by Gasteiger charge is -2.01. The fourth-order valence-corrected chi connectivity index (χ4v) is 2.26. The number of nitro groups is 1.